The summed E-state index contributed by atoms with van der Waals surface area (Å²) in [5.41, 5.74) is 4.14. The van der Waals surface area contributed by atoms with Gasteiger partial charge in [0.1, 0.15) is 5.75 Å². The molecule has 3 heterocycles. The molecule has 36 heavy (non-hydrogen) atoms. The van der Waals surface area contributed by atoms with Crippen molar-refractivity contribution in [2.45, 2.75) is 32.8 Å². The standard InChI is InChI=1S/C29H29N3O4/c1-17(2)16-22-24(36-18(3)28(33)31-13-7-15-35-4)11-10-23-25(22)21-12-14-30-26-19-8-5-6-9-20(19)29(34)32(23)27(21)26/h5-6,8-12,14,18H,1,7,13,15-16H2,2-4H3,(H,31,33)/t18-/m0/s1. The van der Waals surface area contributed by atoms with Gasteiger partial charge in [-0.2, -0.15) is 0 Å². The molecule has 0 saturated carbocycles. The van der Waals surface area contributed by atoms with Crippen molar-refractivity contribution < 1.29 is 14.3 Å². The second-order valence-corrected chi connectivity index (χ2v) is 9.21. The van der Waals surface area contributed by atoms with Crippen molar-refractivity contribution in [1.29, 1.82) is 0 Å². The van der Waals surface area contributed by atoms with E-state index in [9.17, 15) is 9.59 Å². The van der Waals surface area contributed by atoms with Crippen LogP contribution in [0.5, 0.6) is 5.75 Å². The van der Waals surface area contributed by atoms with Gasteiger partial charge in [0.2, 0.25) is 0 Å². The number of hydrogen-bond donors (Lipinski definition) is 1. The number of ether oxygens (including phenoxy) is 2. The highest BCUT2D eigenvalue weighted by molar-refractivity contribution is 6.19. The Morgan fingerprint density at radius 2 is 1.92 bits per heavy atom. The number of nitrogens with one attached hydrogen (secondary N) is 1. The number of pyridine rings is 2. The Labute approximate surface area is 208 Å². The first-order valence-electron chi connectivity index (χ1n) is 12.1. The molecule has 0 aliphatic carbocycles. The number of carbonyl (C=O) groups excluding carboxylic acids is 1. The number of aromatic nitrogens is 2. The maximum atomic E-state index is 13.6. The predicted molar refractivity (Wildman–Crippen MR) is 143 cm³/mol. The fourth-order valence-corrected chi connectivity index (χ4v) is 4.91. The number of hydrogen-bond acceptors (Lipinski definition) is 5. The zero-order valence-corrected chi connectivity index (χ0v) is 20.8. The molecule has 1 N–H and O–H groups in total. The van der Waals surface area contributed by atoms with E-state index in [0.29, 0.717) is 30.7 Å². The van der Waals surface area contributed by atoms with Gasteiger partial charge in [-0.25, -0.2) is 0 Å². The van der Waals surface area contributed by atoms with Crippen LogP contribution in [0, 0.1) is 0 Å². The second-order valence-electron chi connectivity index (χ2n) is 9.21. The summed E-state index contributed by atoms with van der Waals surface area (Å²) in [6, 6.07) is 13.2. The van der Waals surface area contributed by atoms with E-state index >= 15 is 0 Å². The monoisotopic (exact) mass is 483 g/mol. The molecule has 5 aromatic rings. The molecule has 0 bridgehead atoms. The van der Waals surface area contributed by atoms with Crippen molar-refractivity contribution in [3.63, 3.8) is 0 Å². The summed E-state index contributed by atoms with van der Waals surface area (Å²) in [7, 11) is 1.64. The molecule has 3 aromatic heterocycles. The molecule has 7 nitrogen and oxygen atoms in total. The number of methoxy groups -OCH3 is 1. The number of nitrogens with zero attached hydrogens (tertiary/aromatic N) is 2. The number of rotatable bonds is 9. The van der Waals surface area contributed by atoms with Crippen LogP contribution in [-0.2, 0) is 16.0 Å². The molecule has 0 spiro atoms. The van der Waals surface area contributed by atoms with E-state index in [-0.39, 0.29) is 11.5 Å². The average Bonchev–Trinajstić information content (AvgIpc) is 3.21. The molecule has 0 unspecified atom stereocenters. The Morgan fingerprint density at radius 3 is 2.67 bits per heavy atom. The van der Waals surface area contributed by atoms with Crippen LogP contribution in [0.1, 0.15) is 25.8 Å². The highest BCUT2D eigenvalue weighted by atomic mass is 16.5. The van der Waals surface area contributed by atoms with Gasteiger partial charge in [-0.3, -0.25) is 19.0 Å². The van der Waals surface area contributed by atoms with Crippen LogP contribution in [0.3, 0.4) is 0 Å². The Bertz CT molecular complexity index is 1670. The molecular weight excluding hydrogens is 454 g/mol. The van der Waals surface area contributed by atoms with Gasteiger partial charge in [0.15, 0.2) is 6.10 Å². The summed E-state index contributed by atoms with van der Waals surface area (Å²) in [5, 5.41) is 6.20. The number of fused-ring (bicyclic) bond motifs is 5. The van der Waals surface area contributed by atoms with Crippen LogP contribution in [0.25, 0.3) is 38.1 Å². The fraction of sp³-hybridized carbons (Fsp3) is 0.276. The van der Waals surface area contributed by atoms with Crippen LogP contribution in [-0.4, -0.2) is 41.7 Å². The van der Waals surface area contributed by atoms with Crippen LogP contribution < -0.4 is 15.6 Å². The van der Waals surface area contributed by atoms with Gasteiger partial charge < -0.3 is 14.8 Å². The van der Waals surface area contributed by atoms with Crippen LogP contribution in [0.15, 0.2) is 65.6 Å². The number of benzene rings is 2. The first kappa shape index (κ1) is 23.8. The van der Waals surface area contributed by atoms with E-state index in [2.05, 4.69) is 16.9 Å². The molecule has 184 valence electrons. The van der Waals surface area contributed by atoms with Crippen LogP contribution >= 0.6 is 0 Å². The Hall–Kier alpha value is -3.97. The molecule has 0 saturated heterocycles. The third-order valence-electron chi connectivity index (χ3n) is 6.50. The van der Waals surface area contributed by atoms with E-state index in [1.165, 1.54) is 0 Å². The third kappa shape index (κ3) is 3.95. The smallest absolute Gasteiger partial charge is 0.263 e. The van der Waals surface area contributed by atoms with E-state index in [0.717, 1.165) is 50.3 Å². The summed E-state index contributed by atoms with van der Waals surface area (Å²) in [4.78, 5) is 30.9. The summed E-state index contributed by atoms with van der Waals surface area (Å²) >= 11 is 0. The molecule has 5 rings (SSSR count). The Kier molecular flexibility index (Phi) is 6.33. The molecule has 7 heteroatoms. The van der Waals surface area contributed by atoms with Gasteiger partial charge in [0, 0.05) is 53.6 Å². The molecule has 2 aromatic carbocycles. The first-order valence-corrected chi connectivity index (χ1v) is 12.1. The van der Waals surface area contributed by atoms with E-state index in [1.807, 2.05) is 49.4 Å². The SMILES string of the molecule is C=C(C)Cc1c(O[C@@H](C)C(=O)NCCCOC)ccc2c1c1ccnc3c4ccccc4c(=O)n2c13. The van der Waals surface area contributed by atoms with Gasteiger partial charge in [-0.15, -0.1) is 0 Å². The molecule has 1 amide bonds. The Morgan fingerprint density at radius 1 is 1.14 bits per heavy atom. The molecule has 0 radical (unpaired) electrons. The Balaban J connectivity index is 1.69. The highest BCUT2D eigenvalue weighted by Crippen LogP contribution is 2.39. The zero-order valence-electron chi connectivity index (χ0n) is 20.8. The largest absolute Gasteiger partial charge is 0.481 e. The molecule has 0 aliphatic rings. The van der Waals surface area contributed by atoms with Crippen molar-refractivity contribution in [2.75, 3.05) is 20.3 Å². The van der Waals surface area contributed by atoms with Crippen LogP contribution in [0.4, 0.5) is 0 Å². The minimum absolute atomic E-state index is 0.0788. The van der Waals surface area contributed by atoms with Crippen LogP contribution in [0.2, 0.25) is 0 Å². The lowest BCUT2D eigenvalue weighted by Crippen LogP contribution is -2.37. The van der Waals surface area contributed by atoms with Gasteiger partial charge in [-0.05, 0) is 51.0 Å². The minimum Gasteiger partial charge on any atom is -0.481 e. The van der Waals surface area contributed by atoms with E-state index in [4.69, 9.17) is 9.47 Å². The third-order valence-corrected chi connectivity index (χ3v) is 6.50. The molecule has 0 fully saturated rings. The maximum Gasteiger partial charge on any atom is 0.263 e. The average molecular weight is 484 g/mol. The van der Waals surface area contributed by atoms with Gasteiger partial charge in [-0.1, -0.05) is 30.4 Å². The highest BCUT2D eigenvalue weighted by Gasteiger charge is 2.23. The van der Waals surface area contributed by atoms with E-state index in [1.54, 1.807) is 24.6 Å². The van der Waals surface area contributed by atoms with E-state index < -0.39 is 6.10 Å². The predicted octanol–water partition coefficient (Wildman–Crippen LogP) is 4.63. The van der Waals surface area contributed by atoms with Gasteiger partial charge >= 0.3 is 0 Å². The topological polar surface area (TPSA) is 81.9 Å². The van der Waals surface area contributed by atoms with Crippen molar-refractivity contribution in [3.8, 4) is 5.75 Å². The van der Waals surface area contributed by atoms with Gasteiger partial charge in [0.05, 0.1) is 16.6 Å². The lowest BCUT2D eigenvalue weighted by atomic mass is 9.99. The molecule has 1 atom stereocenters. The summed E-state index contributed by atoms with van der Waals surface area (Å²) in [6.07, 6.45) is 2.37. The van der Waals surface area contributed by atoms with Gasteiger partial charge in [0.25, 0.3) is 11.5 Å². The van der Waals surface area contributed by atoms with Crippen molar-refractivity contribution >= 4 is 44.0 Å². The first-order chi connectivity index (χ1) is 17.4. The lowest BCUT2D eigenvalue weighted by Gasteiger charge is -2.18. The number of allylic oxidation sites excluding steroid dienone is 1. The summed E-state index contributed by atoms with van der Waals surface area (Å²) in [6.45, 7) is 8.92. The quantitative estimate of drug-likeness (QED) is 0.188. The lowest BCUT2D eigenvalue weighted by molar-refractivity contribution is -0.127. The summed E-state index contributed by atoms with van der Waals surface area (Å²) < 4.78 is 13.0. The van der Waals surface area contributed by atoms with Crippen molar-refractivity contribution in [3.05, 3.63) is 76.7 Å². The molecular formula is C29H29N3O4. The normalized spacial score (nSPS) is 12.5. The fourth-order valence-electron chi connectivity index (χ4n) is 4.91. The summed E-state index contributed by atoms with van der Waals surface area (Å²) in [5.74, 6) is 0.414. The maximum absolute atomic E-state index is 13.6. The molecule has 0 aliphatic heterocycles. The zero-order chi connectivity index (χ0) is 25.4. The number of carbonyl (C=O) groups is 1. The van der Waals surface area contributed by atoms with Crippen molar-refractivity contribution in [1.82, 2.24) is 14.7 Å². The van der Waals surface area contributed by atoms with Crippen molar-refractivity contribution in [2.24, 2.45) is 0 Å². The number of amides is 1. The minimum atomic E-state index is -0.694. The second kappa shape index (κ2) is 9.59.